The molecule has 2 heterocycles. The fourth-order valence-electron chi connectivity index (χ4n) is 2.19. The summed E-state index contributed by atoms with van der Waals surface area (Å²) in [6, 6.07) is 3.87. The normalized spacial score (nSPS) is 19.3. The van der Waals surface area contributed by atoms with Gasteiger partial charge in [-0.05, 0) is 24.5 Å². The van der Waals surface area contributed by atoms with Crippen molar-refractivity contribution < 1.29 is 9.59 Å². The van der Waals surface area contributed by atoms with Crippen LogP contribution < -0.4 is 5.32 Å². The molecule has 0 saturated carbocycles. The zero-order valence-electron chi connectivity index (χ0n) is 11.1. The van der Waals surface area contributed by atoms with E-state index in [1.54, 1.807) is 24.3 Å². The fraction of sp³-hybridized carbons (Fsp3) is 0.500. The first kappa shape index (κ1) is 13.5. The van der Waals surface area contributed by atoms with Gasteiger partial charge in [-0.3, -0.25) is 14.6 Å². The predicted molar refractivity (Wildman–Crippen MR) is 71.3 cm³/mol. The van der Waals surface area contributed by atoms with Crippen LogP contribution in [0, 0.1) is 5.92 Å². The van der Waals surface area contributed by atoms with E-state index in [-0.39, 0.29) is 17.7 Å². The third kappa shape index (κ3) is 3.77. The molecule has 5 heteroatoms. The van der Waals surface area contributed by atoms with Crippen LogP contribution in [0.1, 0.15) is 18.4 Å². The maximum absolute atomic E-state index is 11.9. The maximum Gasteiger partial charge on any atom is 0.223 e. The first-order valence-corrected chi connectivity index (χ1v) is 6.57. The summed E-state index contributed by atoms with van der Waals surface area (Å²) in [5, 5.41) is 2.90. The number of likely N-dealkylation sites (tertiary alicyclic amines) is 1. The summed E-state index contributed by atoms with van der Waals surface area (Å²) >= 11 is 0. The second kappa shape index (κ2) is 6.31. The van der Waals surface area contributed by atoms with Gasteiger partial charge in [0.05, 0.1) is 0 Å². The van der Waals surface area contributed by atoms with E-state index in [0.717, 1.165) is 18.4 Å². The summed E-state index contributed by atoms with van der Waals surface area (Å²) in [4.78, 5) is 29.2. The second-order valence-corrected chi connectivity index (χ2v) is 4.91. The van der Waals surface area contributed by atoms with Gasteiger partial charge in [0.15, 0.2) is 0 Å². The van der Waals surface area contributed by atoms with Crippen LogP contribution in [-0.2, 0) is 16.0 Å². The fourth-order valence-corrected chi connectivity index (χ4v) is 2.19. The van der Waals surface area contributed by atoms with Crippen LogP contribution >= 0.6 is 0 Å². The molecule has 2 rings (SSSR count). The minimum Gasteiger partial charge on any atom is -0.356 e. The quantitative estimate of drug-likeness (QED) is 0.863. The molecule has 0 radical (unpaired) electrons. The molecule has 0 unspecified atom stereocenters. The monoisotopic (exact) mass is 261 g/mol. The number of pyridine rings is 1. The highest BCUT2D eigenvalue weighted by Gasteiger charge is 2.28. The summed E-state index contributed by atoms with van der Waals surface area (Å²) < 4.78 is 0. The van der Waals surface area contributed by atoms with Gasteiger partial charge in [0, 0.05) is 44.9 Å². The van der Waals surface area contributed by atoms with Crippen molar-refractivity contribution in [2.45, 2.75) is 19.3 Å². The summed E-state index contributed by atoms with van der Waals surface area (Å²) in [6.45, 7) is 1.25. The van der Waals surface area contributed by atoms with E-state index in [1.807, 2.05) is 12.1 Å². The van der Waals surface area contributed by atoms with Crippen molar-refractivity contribution in [2.24, 2.45) is 5.92 Å². The lowest BCUT2D eigenvalue weighted by atomic mass is 9.95. The van der Waals surface area contributed by atoms with Crippen LogP contribution in [0.3, 0.4) is 0 Å². The van der Waals surface area contributed by atoms with Gasteiger partial charge in [-0.2, -0.15) is 0 Å². The Balaban J connectivity index is 1.74. The summed E-state index contributed by atoms with van der Waals surface area (Å²) in [5.41, 5.74) is 1.10. The number of nitrogens with one attached hydrogen (secondary N) is 1. The molecule has 1 fully saturated rings. The number of rotatable bonds is 4. The molecule has 1 saturated heterocycles. The van der Waals surface area contributed by atoms with Gasteiger partial charge in [-0.1, -0.05) is 6.07 Å². The molecular formula is C14H19N3O2. The Morgan fingerprint density at radius 2 is 2.42 bits per heavy atom. The van der Waals surface area contributed by atoms with Crippen molar-refractivity contribution in [1.29, 1.82) is 0 Å². The van der Waals surface area contributed by atoms with E-state index >= 15 is 0 Å². The molecular weight excluding hydrogens is 242 g/mol. The largest absolute Gasteiger partial charge is 0.356 e. The zero-order chi connectivity index (χ0) is 13.7. The van der Waals surface area contributed by atoms with Gasteiger partial charge >= 0.3 is 0 Å². The van der Waals surface area contributed by atoms with E-state index in [4.69, 9.17) is 0 Å². The van der Waals surface area contributed by atoms with Crippen molar-refractivity contribution in [2.75, 3.05) is 20.1 Å². The van der Waals surface area contributed by atoms with Crippen molar-refractivity contribution in [1.82, 2.24) is 15.2 Å². The molecule has 102 valence electrons. The van der Waals surface area contributed by atoms with Crippen LogP contribution in [0.15, 0.2) is 24.5 Å². The van der Waals surface area contributed by atoms with Crippen molar-refractivity contribution >= 4 is 11.8 Å². The summed E-state index contributed by atoms with van der Waals surface area (Å²) in [5.74, 6) is -0.124. The number of nitrogens with zero attached hydrogens (tertiary/aromatic N) is 2. The number of carbonyl (C=O) groups is 2. The highest BCUT2D eigenvalue weighted by Crippen LogP contribution is 2.17. The van der Waals surface area contributed by atoms with Gasteiger partial charge < -0.3 is 10.2 Å². The van der Waals surface area contributed by atoms with E-state index in [0.29, 0.717) is 19.5 Å². The van der Waals surface area contributed by atoms with Gasteiger partial charge in [0.1, 0.15) is 0 Å². The van der Waals surface area contributed by atoms with Crippen molar-refractivity contribution in [3.63, 3.8) is 0 Å². The average molecular weight is 261 g/mol. The molecule has 1 aliphatic rings. The lowest BCUT2D eigenvalue weighted by molar-refractivity contribution is -0.139. The van der Waals surface area contributed by atoms with Crippen molar-refractivity contribution in [3.05, 3.63) is 30.1 Å². The minimum absolute atomic E-state index is 0.00894. The molecule has 1 aromatic heterocycles. The second-order valence-electron chi connectivity index (χ2n) is 4.91. The summed E-state index contributed by atoms with van der Waals surface area (Å²) in [7, 11) is 1.78. The van der Waals surface area contributed by atoms with E-state index < -0.39 is 0 Å². The Morgan fingerprint density at radius 3 is 3.11 bits per heavy atom. The molecule has 0 aliphatic carbocycles. The van der Waals surface area contributed by atoms with Gasteiger partial charge in [-0.25, -0.2) is 0 Å². The van der Waals surface area contributed by atoms with Crippen LogP contribution in [0.4, 0.5) is 0 Å². The number of piperidine rings is 1. The number of hydrogen-bond acceptors (Lipinski definition) is 3. The highest BCUT2D eigenvalue weighted by atomic mass is 16.2. The topological polar surface area (TPSA) is 62.3 Å². The molecule has 0 bridgehead atoms. The van der Waals surface area contributed by atoms with Crippen LogP contribution in [0.2, 0.25) is 0 Å². The Morgan fingerprint density at radius 1 is 1.58 bits per heavy atom. The Bertz CT molecular complexity index is 447. The van der Waals surface area contributed by atoms with E-state index in [1.165, 1.54) is 0 Å². The van der Waals surface area contributed by atoms with Crippen LogP contribution in [-0.4, -0.2) is 41.8 Å². The Hall–Kier alpha value is -1.91. The molecule has 1 aromatic rings. The molecule has 19 heavy (non-hydrogen) atoms. The van der Waals surface area contributed by atoms with E-state index in [9.17, 15) is 9.59 Å². The molecule has 2 amide bonds. The molecule has 0 spiro atoms. The number of aromatic nitrogens is 1. The molecule has 1 atom stereocenters. The SMILES string of the molecule is CN1CC[C@H](C(=O)NCCc2cccnc2)CC1=O. The highest BCUT2D eigenvalue weighted by molar-refractivity contribution is 5.86. The first-order valence-electron chi connectivity index (χ1n) is 6.57. The molecule has 0 aromatic carbocycles. The number of carbonyl (C=O) groups excluding carboxylic acids is 2. The van der Waals surface area contributed by atoms with Crippen LogP contribution in [0.5, 0.6) is 0 Å². The molecule has 1 aliphatic heterocycles. The van der Waals surface area contributed by atoms with Gasteiger partial charge in [0.2, 0.25) is 11.8 Å². The molecule has 1 N–H and O–H groups in total. The third-order valence-electron chi connectivity index (χ3n) is 3.47. The lowest BCUT2D eigenvalue weighted by Gasteiger charge is -2.27. The minimum atomic E-state index is -0.169. The lowest BCUT2D eigenvalue weighted by Crippen LogP contribution is -2.42. The van der Waals surface area contributed by atoms with Crippen LogP contribution in [0.25, 0.3) is 0 Å². The van der Waals surface area contributed by atoms with Gasteiger partial charge in [-0.15, -0.1) is 0 Å². The standard InChI is InChI=1S/C14H19N3O2/c1-17-8-5-12(9-13(17)18)14(19)16-7-4-11-3-2-6-15-10-11/h2-3,6,10,12H,4-5,7-9H2,1H3,(H,16,19)/t12-/m0/s1. The predicted octanol–water partition coefficient (Wildman–Crippen LogP) is 0.609. The summed E-state index contributed by atoms with van der Waals surface area (Å²) in [6.07, 6.45) is 5.37. The van der Waals surface area contributed by atoms with E-state index in [2.05, 4.69) is 10.3 Å². The maximum atomic E-state index is 11.9. The van der Waals surface area contributed by atoms with Gasteiger partial charge in [0.25, 0.3) is 0 Å². The van der Waals surface area contributed by atoms with Crippen molar-refractivity contribution in [3.8, 4) is 0 Å². The Kier molecular flexibility index (Phi) is 4.49. The first-order chi connectivity index (χ1) is 9.16. The smallest absolute Gasteiger partial charge is 0.223 e. The third-order valence-corrected chi connectivity index (χ3v) is 3.47. The average Bonchev–Trinajstić information content (AvgIpc) is 2.43. The number of hydrogen-bond donors (Lipinski definition) is 1. The molecule has 5 nitrogen and oxygen atoms in total. The Labute approximate surface area is 113 Å². The zero-order valence-corrected chi connectivity index (χ0v) is 11.1. The number of amides is 2.